The zero-order valence-corrected chi connectivity index (χ0v) is 19.0. The predicted octanol–water partition coefficient (Wildman–Crippen LogP) is 1.31. The van der Waals surface area contributed by atoms with Crippen LogP contribution in [0.4, 0.5) is 0 Å². The number of β-lactam (4-membered cyclic amide) rings is 1. The van der Waals surface area contributed by atoms with Gasteiger partial charge in [-0.3, -0.25) is 24.1 Å². The van der Waals surface area contributed by atoms with Crippen molar-refractivity contribution in [1.82, 2.24) is 10.2 Å². The zero-order chi connectivity index (χ0) is 23.6. The van der Waals surface area contributed by atoms with Gasteiger partial charge < -0.3 is 14.8 Å². The molecule has 0 aliphatic carbocycles. The fourth-order valence-corrected chi connectivity index (χ4v) is 4.39. The summed E-state index contributed by atoms with van der Waals surface area (Å²) >= 11 is 0.790. The minimum absolute atomic E-state index is 0.0718. The summed E-state index contributed by atoms with van der Waals surface area (Å²) in [5.74, 6) is -2.43. The molecule has 0 spiro atoms. The van der Waals surface area contributed by atoms with Crippen molar-refractivity contribution in [2.45, 2.75) is 51.1 Å². The maximum Gasteiger partial charge on any atom is 0.356 e. The smallest absolute Gasteiger partial charge is 0.356 e. The number of esters is 2. The lowest BCUT2D eigenvalue weighted by Crippen LogP contribution is -2.71. The van der Waals surface area contributed by atoms with E-state index in [1.807, 2.05) is 6.07 Å². The van der Waals surface area contributed by atoms with E-state index in [0.29, 0.717) is 0 Å². The Bertz CT molecular complexity index is 997. The second-order valence-corrected chi connectivity index (χ2v) is 9.41. The van der Waals surface area contributed by atoms with E-state index in [4.69, 9.17) is 9.47 Å². The molecular formula is C22H24N2O7S. The highest BCUT2D eigenvalue weighted by Crippen LogP contribution is 2.42. The minimum atomic E-state index is -0.965. The number of thioether (sulfide) groups is 1. The first kappa shape index (κ1) is 23.5. The Labute approximate surface area is 189 Å². The molecule has 0 saturated carbocycles. The Balaban J connectivity index is 1.82. The molecule has 3 rings (SSSR count). The van der Waals surface area contributed by atoms with E-state index in [-0.39, 0.29) is 23.6 Å². The molecular weight excluding hydrogens is 436 g/mol. The van der Waals surface area contributed by atoms with Crippen LogP contribution in [0.15, 0.2) is 41.6 Å². The minimum Gasteiger partial charge on any atom is -0.461 e. The average Bonchev–Trinajstić information content (AvgIpc) is 2.69. The summed E-state index contributed by atoms with van der Waals surface area (Å²) < 4.78 is 10.3. The highest BCUT2D eigenvalue weighted by Gasteiger charge is 2.57. The number of amides is 2. The van der Waals surface area contributed by atoms with Crippen molar-refractivity contribution in [3.63, 3.8) is 0 Å². The topological polar surface area (TPSA) is 119 Å². The second kappa shape index (κ2) is 9.15. The lowest BCUT2D eigenvalue weighted by atomic mass is 10.0. The molecule has 1 aromatic carbocycles. The van der Waals surface area contributed by atoms with Crippen molar-refractivity contribution >= 4 is 40.6 Å². The van der Waals surface area contributed by atoms with Crippen LogP contribution in [0.3, 0.4) is 0 Å². The quantitative estimate of drug-likeness (QED) is 0.499. The Morgan fingerprint density at radius 3 is 2.38 bits per heavy atom. The first-order valence-electron chi connectivity index (χ1n) is 9.95. The summed E-state index contributed by atoms with van der Waals surface area (Å²) in [6.07, 6.45) is 0.0718. The van der Waals surface area contributed by atoms with Gasteiger partial charge in [0.2, 0.25) is 11.0 Å². The van der Waals surface area contributed by atoms with E-state index in [1.54, 1.807) is 45.0 Å². The molecule has 2 aliphatic heterocycles. The molecule has 2 atom stereocenters. The van der Waals surface area contributed by atoms with Crippen LogP contribution in [0.2, 0.25) is 0 Å². The van der Waals surface area contributed by atoms with E-state index in [1.165, 1.54) is 6.92 Å². The summed E-state index contributed by atoms with van der Waals surface area (Å²) in [6.45, 7) is 5.66. The molecule has 10 heteroatoms. The SMILES string of the molecule is CC(=O)OCC1=C(C(=O)OC(C)(C)C)N2C(=O)[C@@H](NC(=O)Cc3ccccc3)[C@H]2SC1=O. The van der Waals surface area contributed by atoms with Crippen molar-refractivity contribution in [1.29, 1.82) is 0 Å². The number of carbonyl (C=O) groups excluding carboxylic acids is 5. The summed E-state index contributed by atoms with van der Waals surface area (Å²) in [7, 11) is 0. The summed E-state index contributed by atoms with van der Waals surface area (Å²) in [4.78, 5) is 63.3. The first-order chi connectivity index (χ1) is 15.0. The Kier molecular flexibility index (Phi) is 6.73. The van der Waals surface area contributed by atoms with E-state index >= 15 is 0 Å². The van der Waals surface area contributed by atoms with Gasteiger partial charge in [0.05, 0.1) is 12.0 Å². The molecule has 1 saturated heterocycles. The summed E-state index contributed by atoms with van der Waals surface area (Å²) in [5, 5.41) is 1.33. The molecule has 2 amide bonds. The molecule has 0 unspecified atom stereocenters. The largest absolute Gasteiger partial charge is 0.461 e. The molecule has 0 bridgehead atoms. The highest BCUT2D eigenvalue weighted by atomic mass is 32.2. The Morgan fingerprint density at radius 1 is 1.12 bits per heavy atom. The van der Waals surface area contributed by atoms with Gasteiger partial charge in [-0.15, -0.1) is 0 Å². The number of hydrogen-bond donors (Lipinski definition) is 1. The van der Waals surface area contributed by atoms with E-state index in [9.17, 15) is 24.0 Å². The van der Waals surface area contributed by atoms with Crippen molar-refractivity contribution < 1.29 is 33.4 Å². The predicted molar refractivity (Wildman–Crippen MR) is 115 cm³/mol. The number of carbonyl (C=O) groups is 5. The van der Waals surface area contributed by atoms with Crippen LogP contribution in [-0.4, -0.2) is 57.4 Å². The van der Waals surface area contributed by atoms with Gasteiger partial charge in [0.25, 0.3) is 5.91 Å². The van der Waals surface area contributed by atoms with Crippen LogP contribution in [0, 0.1) is 0 Å². The fourth-order valence-electron chi connectivity index (χ4n) is 3.23. The molecule has 2 aliphatic rings. The fraction of sp³-hybridized carbons (Fsp3) is 0.409. The number of nitrogens with one attached hydrogen (secondary N) is 1. The third-order valence-electron chi connectivity index (χ3n) is 4.58. The number of benzene rings is 1. The molecule has 1 fully saturated rings. The Morgan fingerprint density at radius 2 is 1.78 bits per heavy atom. The number of fused-ring (bicyclic) bond motifs is 1. The average molecular weight is 461 g/mol. The molecule has 0 aromatic heterocycles. The van der Waals surface area contributed by atoms with Crippen molar-refractivity contribution in [3.05, 3.63) is 47.2 Å². The molecule has 170 valence electrons. The third kappa shape index (κ3) is 5.18. The lowest BCUT2D eigenvalue weighted by Gasteiger charge is -2.49. The van der Waals surface area contributed by atoms with Crippen molar-refractivity contribution in [3.8, 4) is 0 Å². The van der Waals surface area contributed by atoms with Gasteiger partial charge in [0.15, 0.2) is 0 Å². The highest BCUT2D eigenvalue weighted by molar-refractivity contribution is 8.14. The number of rotatable bonds is 6. The lowest BCUT2D eigenvalue weighted by molar-refractivity contribution is -0.159. The molecule has 9 nitrogen and oxygen atoms in total. The van der Waals surface area contributed by atoms with Gasteiger partial charge in [-0.1, -0.05) is 42.1 Å². The first-order valence-corrected chi connectivity index (χ1v) is 10.8. The number of ether oxygens (including phenoxy) is 2. The number of nitrogens with zero attached hydrogens (tertiary/aromatic N) is 1. The van der Waals surface area contributed by atoms with Crippen LogP contribution in [0.5, 0.6) is 0 Å². The van der Waals surface area contributed by atoms with Crippen LogP contribution < -0.4 is 5.32 Å². The summed E-state index contributed by atoms with van der Waals surface area (Å²) in [5.41, 5.74) is -0.484. The van der Waals surface area contributed by atoms with E-state index in [0.717, 1.165) is 22.2 Å². The van der Waals surface area contributed by atoms with Crippen molar-refractivity contribution in [2.24, 2.45) is 0 Å². The van der Waals surface area contributed by atoms with Gasteiger partial charge in [0, 0.05) is 6.92 Å². The van der Waals surface area contributed by atoms with E-state index < -0.39 is 46.6 Å². The van der Waals surface area contributed by atoms with Gasteiger partial charge in [-0.05, 0) is 26.3 Å². The molecule has 32 heavy (non-hydrogen) atoms. The maximum atomic E-state index is 12.9. The van der Waals surface area contributed by atoms with Gasteiger partial charge in [-0.25, -0.2) is 4.79 Å². The van der Waals surface area contributed by atoms with E-state index in [2.05, 4.69) is 5.32 Å². The van der Waals surface area contributed by atoms with Crippen LogP contribution in [-0.2, 0) is 39.9 Å². The second-order valence-electron chi connectivity index (χ2n) is 8.32. The monoisotopic (exact) mass is 460 g/mol. The van der Waals surface area contributed by atoms with Gasteiger partial charge >= 0.3 is 11.9 Å². The standard InChI is InChI=1S/C22H24N2O7S/c1-12(25)30-11-14-17(20(28)31-22(2,3)4)24-18(27)16(19(24)32-21(14)29)23-15(26)10-13-8-6-5-7-9-13/h5-9,16,19H,10-11H2,1-4H3,(H,23,26)/t16-,19-/m1/s1. The van der Waals surface area contributed by atoms with Crippen molar-refractivity contribution in [2.75, 3.05) is 6.61 Å². The molecule has 0 radical (unpaired) electrons. The summed E-state index contributed by atoms with van der Waals surface area (Å²) in [6, 6.07) is 8.05. The van der Waals surface area contributed by atoms with Crippen LogP contribution >= 0.6 is 11.8 Å². The van der Waals surface area contributed by atoms with Crippen LogP contribution in [0.25, 0.3) is 0 Å². The molecule has 1 aromatic rings. The third-order valence-corrected chi connectivity index (χ3v) is 5.77. The normalized spacial score (nSPS) is 20.3. The molecule has 2 heterocycles. The zero-order valence-electron chi connectivity index (χ0n) is 18.2. The Hall–Kier alpha value is -3.14. The maximum absolute atomic E-state index is 12.9. The number of hydrogen-bond acceptors (Lipinski definition) is 8. The van der Waals surface area contributed by atoms with Gasteiger partial charge in [0.1, 0.15) is 29.3 Å². The van der Waals surface area contributed by atoms with Gasteiger partial charge in [-0.2, -0.15) is 0 Å². The molecule has 1 N–H and O–H groups in total. The van der Waals surface area contributed by atoms with Crippen LogP contribution in [0.1, 0.15) is 33.3 Å².